The van der Waals surface area contributed by atoms with Crippen LogP contribution in [0.4, 0.5) is 0 Å². The first-order chi connectivity index (χ1) is 5.87. The molecule has 0 aliphatic heterocycles. The van der Waals surface area contributed by atoms with Crippen molar-refractivity contribution >= 4 is 5.97 Å². The molecule has 76 valence electrons. The van der Waals surface area contributed by atoms with E-state index >= 15 is 0 Å². The van der Waals surface area contributed by atoms with Crippen LogP contribution >= 0.6 is 0 Å². The van der Waals surface area contributed by atoms with Gasteiger partial charge in [0, 0.05) is 12.8 Å². The molecule has 0 aromatic heterocycles. The van der Waals surface area contributed by atoms with E-state index in [0.717, 1.165) is 0 Å². The molecule has 6 nitrogen and oxygen atoms in total. The van der Waals surface area contributed by atoms with E-state index in [1.165, 1.54) is 0 Å². The topological polar surface area (TPSA) is 128 Å². The molecule has 0 aromatic carbocycles. The van der Waals surface area contributed by atoms with E-state index in [0.29, 0.717) is 0 Å². The number of aliphatic hydroxyl groups is 3. The van der Waals surface area contributed by atoms with E-state index < -0.39 is 36.2 Å². The summed E-state index contributed by atoms with van der Waals surface area (Å²) in [5.41, 5.74) is 1.38. The van der Waals surface area contributed by atoms with Crippen LogP contribution in [-0.4, -0.2) is 45.1 Å². The zero-order chi connectivity index (χ0) is 10.2. The first-order valence-electron chi connectivity index (χ1n) is 4.00. The minimum atomic E-state index is -2.06. The number of quaternary nitrogens is 1. The monoisotopic (exact) mass is 191 g/mol. The van der Waals surface area contributed by atoms with Gasteiger partial charge in [-0.15, -0.1) is 0 Å². The molecule has 6 heteroatoms. The molecule has 1 saturated carbocycles. The number of carbonyl (C=O) groups excluding carboxylic acids is 1. The van der Waals surface area contributed by atoms with E-state index in [4.69, 9.17) is 0 Å². The standard InChI is InChI=1S/C7H13NO5/c8-3-1-7(13,6(11)12)2-4(9)5(3)10/h3-5,9-10,13H,1-2,8H2,(H,11,12)/t3-,4-,5+,7-/m1/s1. The highest BCUT2D eigenvalue weighted by molar-refractivity contribution is 5.75. The Hall–Kier alpha value is -0.690. The largest absolute Gasteiger partial charge is 0.547 e. The Morgan fingerprint density at radius 3 is 2.38 bits per heavy atom. The minimum Gasteiger partial charge on any atom is -0.547 e. The molecule has 0 unspecified atom stereocenters. The van der Waals surface area contributed by atoms with Crippen LogP contribution in [0.3, 0.4) is 0 Å². The van der Waals surface area contributed by atoms with Crippen LogP contribution < -0.4 is 10.8 Å². The molecule has 1 rings (SSSR count). The number of carboxylic acids is 1. The molecule has 0 bridgehead atoms. The van der Waals surface area contributed by atoms with E-state index in [2.05, 4.69) is 5.73 Å². The van der Waals surface area contributed by atoms with E-state index in [9.17, 15) is 25.2 Å². The number of carboxylic acid groups (broad SMARTS) is 1. The normalized spacial score (nSPS) is 46.0. The van der Waals surface area contributed by atoms with Gasteiger partial charge >= 0.3 is 0 Å². The molecular formula is C7H13NO5. The zero-order valence-corrected chi connectivity index (χ0v) is 7.01. The van der Waals surface area contributed by atoms with Gasteiger partial charge in [-0.2, -0.15) is 0 Å². The number of hydrogen-bond donors (Lipinski definition) is 4. The van der Waals surface area contributed by atoms with E-state index in [1.54, 1.807) is 0 Å². The van der Waals surface area contributed by atoms with Gasteiger partial charge in [0.25, 0.3) is 0 Å². The molecule has 6 N–H and O–H groups in total. The highest BCUT2D eigenvalue weighted by atomic mass is 16.4. The Bertz CT molecular complexity index is 207. The van der Waals surface area contributed by atoms with Gasteiger partial charge in [-0.3, -0.25) is 0 Å². The third-order valence-corrected chi connectivity index (χ3v) is 2.40. The third-order valence-electron chi connectivity index (χ3n) is 2.40. The van der Waals surface area contributed by atoms with Crippen LogP contribution in [0.1, 0.15) is 12.8 Å². The Kier molecular flexibility index (Phi) is 2.58. The van der Waals surface area contributed by atoms with Gasteiger partial charge in [-0.25, -0.2) is 0 Å². The molecule has 0 heterocycles. The van der Waals surface area contributed by atoms with E-state index in [-0.39, 0.29) is 6.42 Å². The molecule has 0 saturated heterocycles. The molecule has 1 aliphatic carbocycles. The van der Waals surface area contributed by atoms with Crippen LogP contribution in [0.5, 0.6) is 0 Å². The first-order valence-corrected chi connectivity index (χ1v) is 4.00. The molecule has 0 spiro atoms. The number of aliphatic hydroxyl groups excluding tert-OH is 2. The number of hydrogen-bond acceptors (Lipinski definition) is 5. The lowest BCUT2D eigenvalue weighted by atomic mass is 9.79. The maximum atomic E-state index is 10.5. The Balaban J connectivity index is 2.79. The lowest BCUT2D eigenvalue weighted by molar-refractivity contribution is -0.457. The fourth-order valence-electron chi connectivity index (χ4n) is 1.59. The highest BCUT2D eigenvalue weighted by Gasteiger charge is 2.45. The molecule has 0 amide bonds. The number of carbonyl (C=O) groups is 1. The van der Waals surface area contributed by atoms with Crippen LogP contribution in [0, 0.1) is 0 Å². The Labute approximate surface area is 74.6 Å². The lowest BCUT2D eigenvalue weighted by Crippen LogP contribution is -2.75. The molecule has 0 aromatic rings. The summed E-state index contributed by atoms with van der Waals surface area (Å²) < 4.78 is 0. The fraction of sp³-hybridized carbons (Fsp3) is 0.857. The summed E-state index contributed by atoms with van der Waals surface area (Å²) in [6, 6.07) is -0.702. The molecule has 4 atom stereocenters. The van der Waals surface area contributed by atoms with E-state index in [1.807, 2.05) is 0 Å². The minimum absolute atomic E-state index is 0.201. The Morgan fingerprint density at radius 1 is 1.46 bits per heavy atom. The van der Waals surface area contributed by atoms with Crippen LogP contribution in [0.2, 0.25) is 0 Å². The number of aliphatic carboxylic acids is 1. The molecule has 1 fully saturated rings. The van der Waals surface area contributed by atoms with Crippen molar-refractivity contribution in [1.29, 1.82) is 0 Å². The second-order valence-corrected chi connectivity index (χ2v) is 3.55. The Morgan fingerprint density at radius 2 is 2.00 bits per heavy atom. The van der Waals surface area contributed by atoms with Crippen LogP contribution in [0.25, 0.3) is 0 Å². The SMILES string of the molecule is [NH3+][C@@H]1C[C@](O)(C(=O)[O-])C[C@@H](O)[C@H]1O. The second-order valence-electron chi connectivity index (χ2n) is 3.55. The van der Waals surface area contributed by atoms with Crippen molar-refractivity contribution < 1.29 is 31.0 Å². The summed E-state index contributed by atoms with van der Waals surface area (Å²) >= 11 is 0. The van der Waals surface area contributed by atoms with Gasteiger partial charge in [-0.1, -0.05) is 0 Å². The van der Waals surface area contributed by atoms with Gasteiger partial charge in [0.05, 0.1) is 12.1 Å². The van der Waals surface area contributed by atoms with Crippen molar-refractivity contribution in [3.05, 3.63) is 0 Å². The quantitative estimate of drug-likeness (QED) is 0.332. The maximum Gasteiger partial charge on any atom is 0.131 e. The summed E-state index contributed by atoms with van der Waals surface area (Å²) in [6.45, 7) is 0. The summed E-state index contributed by atoms with van der Waals surface area (Å²) in [7, 11) is 0. The van der Waals surface area contributed by atoms with Crippen molar-refractivity contribution in [3.8, 4) is 0 Å². The predicted molar refractivity (Wildman–Crippen MR) is 37.9 cm³/mol. The van der Waals surface area contributed by atoms with Gasteiger partial charge < -0.3 is 31.0 Å². The first kappa shape index (κ1) is 10.4. The van der Waals surface area contributed by atoms with Crippen molar-refractivity contribution in [3.63, 3.8) is 0 Å². The van der Waals surface area contributed by atoms with Crippen molar-refractivity contribution in [2.24, 2.45) is 0 Å². The number of rotatable bonds is 1. The van der Waals surface area contributed by atoms with Gasteiger partial charge in [-0.05, 0) is 0 Å². The van der Waals surface area contributed by atoms with Crippen molar-refractivity contribution in [2.45, 2.75) is 36.7 Å². The van der Waals surface area contributed by atoms with Crippen LogP contribution in [-0.2, 0) is 4.79 Å². The van der Waals surface area contributed by atoms with Gasteiger partial charge in [0.2, 0.25) is 0 Å². The smallest absolute Gasteiger partial charge is 0.131 e. The predicted octanol–water partition coefficient (Wildman–Crippen LogP) is -4.41. The second kappa shape index (κ2) is 3.22. The molecule has 0 radical (unpaired) electrons. The van der Waals surface area contributed by atoms with Crippen molar-refractivity contribution in [1.82, 2.24) is 0 Å². The van der Waals surface area contributed by atoms with Gasteiger partial charge in [0.1, 0.15) is 17.7 Å². The van der Waals surface area contributed by atoms with Gasteiger partial charge in [0.15, 0.2) is 0 Å². The summed E-state index contributed by atoms with van der Waals surface area (Å²) in [5, 5.41) is 38.3. The summed E-state index contributed by atoms with van der Waals surface area (Å²) in [4.78, 5) is 10.5. The molecule has 1 aliphatic rings. The fourth-order valence-corrected chi connectivity index (χ4v) is 1.59. The summed E-state index contributed by atoms with van der Waals surface area (Å²) in [6.07, 6.45) is -2.96. The average Bonchev–Trinajstić information content (AvgIpc) is 2.00. The average molecular weight is 191 g/mol. The third kappa shape index (κ3) is 1.80. The maximum absolute atomic E-state index is 10.5. The molecule has 13 heavy (non-hydrogen) atoms. The van der Waals surface area contributed by atoms with Crippen molar-refractivity contribution in [2.75, 3.05) is 0 Å². The molecular weight excluding hydrogens is 178 g/mol. The zero-order valence-electron chi connectivity index (χ0n) is 7.01. The highest BCUT2D eigenvalue weighted by Crippen LogP contribution is 2.26. The summed E-state index contributed by atoms with van der Waals surface area (Å²) in [5.74, 6) is -1.63. The van der Waals surface area contributed by atoms with Crippen LogP contribution in [0.15, 0.2) is 0 Å². The lowest BCUT2D eigenvalue weighted by Gasteiger charge is -2.39.